The number of likely N-dealkylation sites (N-methyl/N-ethyl adjacent to an activating group) is 2. The van der Waals surface area contributed by atoms with E-state index in [4.69, 9.17) is 37.7 Å². The van der Waals surface area contributed by atoms with Gasteiger partial charge >= 0.3 is 0 Å². The molecule has 5 heterocycles. The van der Waals surface area contributed by atoms with Crippen molar-refractivity contribution in [2.45, 2.75) is 151 Å². The van der Waals surface area contributed by atoms with Gasteiger partial charge in [0.25, 0.3) is 0 Å². The van der Waals surface area contributed by atoms with Crippen molar-refractivity contribution in [3.05, 3.63) is 148 Å². The normalized spacial score (nSPS) is 33.5. The van der Waals surface area contributed by atoms with Gasteiger partial charge < -0.3 is 25.4 Å². The highest BCUT2D eigenvalue weighted by Crippen LogP contribution is 2.63. The van der Waals surface area contributed by atoms with Crippen molar-refractivity contribution in [2.75, 3.05) is 47.6 Å². The molecule has 4 saturated heterocycles. The van der Waals surface area contributed by atoms with Crippen LogP contribution in [0.5, 0.6) is 11.5 Å². The minimum absolute atomic E-state index is 0.0104. The summed E-state index contributed by atoms with van der Waals surface area (Å²) in [6, 6.07) is 36.1. The minimum Gasteiger partial charge on any atom is -0.457 e. The number of halogens is 3. The van der Waals surface area contributed by atoms with Gasteiger partial charge in [-0.15, -0.1) is 0 Å². The third kappa shape index (κ3) is 10.1. The number of nitrogens with one attached hydrogen (secondary N) is 3. The Kier molecular flexibility index (Phi) is 16.4. The number of rotatable bonds is 16. The molecule has 5 aromatic rings. The molecule has 4 aromatic carbocycles. The van der Waals surface area contributed by atoms with Crippen molar-refractivity contribution >= 4 is 29.0 Å². The molecule has 0 radical (unpaired) electrons. The van der Waals surface area contributed by atoms with Crippen molar-refractivity contribution in [3.63, 3.8) is 0 Å². The van der Waals surface area contributed by atoms with Gasteiger partial charge in [-0.25, -0.2) is 4.39 Å². The van der Waals surface area contributed by atoms with Gasteiger partial charge in [0.15, 0.2) is 5.78 Å². The van der Waals surface area contributed by atoms with Gasteiger partial charge in [0.1, 0.15) is 18.2 Å². The lowest BCUT2D eigenvalue weighted by Crippen LogP contribution is -2.73. The Balaban J connectivity index is 0.964. The van der Waals surface area contributed by atoms with Crippen LogP contribution in [-0.2, 0) is 28.9 Å². The number of ether oxygens (including phenoxy) is 2. The Morgan fingerprint density at radius 3 is 2.30 bits per heavy atom. The highest BCUT2D eigenvalue weighted by molar-refractivity contribution is 6.31. The Bertz CT molecular complexity index is 2820. The van der Waals surface area contributed by atoms with Gasteiger partial charge in [-0.3, -0.25) is 24.5 Å². The number of carbonyl (C=O) groups excluding carboxylic acids is 1. The molecule has 13 heteroatoms. The molecule has 410 valence electrons. The van der Waals surface area contributed by atoms with E-state index in [1.165, 1.54) is 16.7 Å². The van der Waals surface area contributed by atoms with Crippen LogP contribution in [-0.4, -0.2) is 133 Å². The van der Waals surface area contributed by atoms with Crippen LogP contribution in [0.4, 0.5) is 4.39 Å². The third-order valence-electron chi connectivity index (χ3n) is 19.9. The van der Waals surface area contributed by atoms with Crippen LogP contribution in [0.25, 0.3) is 11.1 Å². The lowest BCUT2D eigenvalue weighted by Gasteiger charge is -2.57. The Morgan fingerprint density at radius 2 is 1.57 bits per heavy atom. The van der Waals surface area contributed by atoms with E-state index in [0.717, 1.165) is 91.8 Å². The molecule has 2 saturated carbocycles. The number of hydrogen-bond acceptors (Lipinski definition) is 10. The fraction of sp³-hybridized carbons (Fsp3) is 0.531. The Labute approximate surface area is 467 Å². The Morgan fingerprint density at radius 1 is 0.831 bits per heavy atom. The first kappa shape index (κ1) is 54.7. The van der Waals surface area contributed by atoms with Crippen LogP contribution in [0.3, 0.4) is 0 Å². The first-order valence-electron chi connectivity index (χ1n) is 28.7. The quantitative estimate of drug-likeness (QED) is 0.0887. The van der Waals surface area contributed by atoms with Crippen molar-refractivity contribution in [3.8, 4) is 22.6 Å². The standard InChI is InChI=1S/C64H80Cl2FN7O3/c1-7-63-58-32-47(29-42-11-9-8-10-12-42)60(63)72(4)40(2)35-70-57-34-53(30-43-13-20-50(65)21-14-43)73(5)61-55(39-76-6)71-59(64(57,61)62(63)75)41(3)74(58)38-46-15-22-51(66)33-56(46)77-54-25-18-45(19-26-54)49-31-48(36-68-37-49)44-16-23-52(24-17-44)69-28-27-67/h8-15,18-22,25-26,31,33,36-37,40-41,44,47,52-53,55,57-61,69-71H,7,16-17,23-24,27-30,32,34-35,38-39H2,1-6H3/t40-,41-,44?,47+,52?,53-,55+,57?,58?,59?,60?,61?,63?,64?/m0/s1. The summed E-state index contributed by atoms with van der Waals surface area (Å²) in [6.45, 7) is 9.03. The molecular weight excluding hydrogens is 1000 g/mol. The van der Waals surface area contributed by atoms with E-state index in [0.29, 0.717) is 48.2 Å². The van der Waals surface area contributed by atoms with Crippen molar-refractivity contribution in [2.24, 2.45) is 16.7 Å². The molecule has 1 aromatic heterocycles. The molecule has 0 amide bonds. The average Bonchev–Trinajstić information content (AvgIpc) is 4.10. The first-order valence-corrected chi connectivity index (χ1v) is 29.5. The molecule has 3 N–H and O–H groups in total. The molecule has 77 heavy (non-hydrogen) atoms. The van der Waals surface area contributed by atoms with Gasteiger partial charge in [0.2, 0.25) is 0 Å². The number of likely N-dealkylation sites (tertiary alicyclic amines) is 2. The van der Waals surface area contributed by atoms with Gasteiger partial charge in [0.05, 0.1) is 17.4 Å². The lowest BCUT2D eigenvalue weighted by atomic mass is 9.54. The molecule has 10 nitrogen and oxygen atoms in total. The fourth-order valence-electron chi connectivity index (χ4n) is 16.3. The number of benzene rings is 4. The lowest BCUT2D eigenvalue weighted by molar-refractivity contribution is -0.154. The number of carbonyl (C=O) groups is 1. The number of aromatic nitrogens is 1. The molecule has 4 aliphatic heterocycles. The van der Waals surface area contributed by atoms with Crippen LogP contribution >= 0.6 is 23.2 Å². The minimum atomic E-state index is -0.786. The SMILES string of the molecule is CCC12C(=O)C34C5C[C@H](Cc6ccc(Cl)cc6)N(C)C3[C@@H](COC)NC4[C@H](C)N(Cc3ccc(Cl)cc3Oc3ccc(-c4cncc(C6CCC(NCCF)CC6)c4)cc3)C1C[C@@H](Cc1ccccc1)C2N(C)[C@@H](C)CN5. The topological polar surface area (TPSA) is 94.2 Å². The van der Waals surface area contributed by atoms with E-state index in [9.17, 15) is 4.39 Å². The van der Waals surface area contributed by atoms with Gasteiger partial charge in [-0.05, 0) is 162 Å². The molecule has 7 unspecified atom stereocenters. The predicted octanol–water partition coefficient (Wildman–Crippen LogP) is 11.2. The van der Waals surface area contributed by atoms with E-state index in [-0.39, 0.29) is 67.0 Å². The number of nitrogens with zero attached hydrogens (tertiary/aromatic N) is 4. The zero-order valence-corrected chi connectivity index (χ0v) is 47.5. The summed E-state index contributed by atoms with van der Waals surface area (Å²) in [5, 5.41) is 13.2. The number of methoxy groups -OCH3 is 1. The van der Waals surface area contributed by atoms with Gasteiger partial charge in [-0.2, -0.15) is 0 Å². The molecule has 6 aliphatic rings. The largest absolute Gasteiger partial charge is 0.457 e. The Hall–Kier alpha value is -4.27. The second-order valence-corrected chi connectivity index (χ2v) is 24.7. The van der Waals surface area contributed by atoms with Gasteiger partial charge in [-0.1, -0.05) is 90.8 Å². The first-order chi connectivity index (χ1) is 37.4. The number of alkyl halides is 1. The van der Waals surface area contributed by atoms with Crippen molar-refractivity contribution < 1.29 is 18.7 Å². The van der Waals surface area contributed by atoms with E-state index < -0.39 is 10.8 Å². The summed E-state index contributed by atoms with van der Waals surface area (Å²) < 4.78 is 26.0. The highest BCUT2D eigenvalue weighted by Gasteiger charge is 2.77. The van der Waals surface area contributed by atoms with E-state index in [2.05, 4.69) is 132 Å². The van der Waals surface area contributed by atoms with E-state index in [1.807, 2.05) is 48.8 Å². The highest BCUT2D eigenvalue weighted by atomic mass is 35.5. The predicted molar refractivity (Wildman–Crippen MR) is 308 cm³/mol. The number of hydrogen-bond donors (Lipinski definition) is 3. The summed E-state index contributed by atoms with van der Waals surface area (Å²) in [5.74, 6) is 2.52. The monoisotopic (exact) mass is 1080 g/mol. The van der Waals surface area contributed by atoms with Crippen LogP contribution < -0.4 is 20.7 Å². The summed E-state index contributed by atoms with van der Waals surface area (Å²) in [5.41, 5.74) is 5.49. The maximum atomic E-state index is 17.5. The summed E-state index contributed by atoms with van der Waals surface area (Å²) in [7, 11) is 6.39. The third-order valence-corrected chi connectivity index (χ3v) is 20.4. The van der Waals surface area contributed by atoms with E-state index in [1.54, 1.807) is 7.11 Å². The molecule has 12 atom stereocenters. The maximum absolute atomic E-state index is 17.5. The fourth-order valence-corrected chi connectivity index (χ4v) is 16.6. The van der Waals surface area contributed by atoms with Crippen molar-refractivity contribution in [1.82, 2.24) is 35.6 Å². The summed E-state index contributed by atoms with van der Waals surface area (Å²) in [6.07, 6.45) is 12.4. The number of piperidine rings is 1. The zero-order chi connectivity index (χ0) is 53.6. The van der Waals surface area contributed by atoms with Crippen molar-refractivity contribution in [1.29, 1.82) is 0 Å². The molecule has 6 fully saturated rings. The summed E-state index contributed by atoms with van der Waals surface area (Å²) in [4.78, 5) is 30.2. The molecule has 11 rings (SSSR count). The molecular formula is C64H80Cl2FN7O3. The number of Topliss-reactive ketones (excluding diaryl/α,β-unsaturated/α-hetero) is 1. The van der Waals surface area contributed by atoms with E-state index >= 15 is 4.79 Å². The molecule has 2 bridgehead atoms. The van der Waals surface area contributed by atoms with Crippen LogP contribution in [0.2, 0.25) is 10.0 Å². The maximum Gasteiger partial charge on any atom is 0.153 e. The van der Waals surface area contributed by atoms with Crippen LogP contribution in [0, 0.1) is 16.7 Å². The smallest absolute Gasteiger partial charge is 0.153 e. The second kappa shape index (κ2) is 23.1. The average molecular weight is 1090 g/mol. The second-order valence-electron chi connectivity index (χ2n) is 23.8. The number of ketones is 1. The van der Waals surface area contributed by atoms with Gasteiger partial charge in [0, 0.05) is 121 Å². The number of pyridine rings is 1. The summed E-state index contributed by atoms with van der Waals surface area (Å²) >= 11 is 13.3. The molecule has 1 spiro atoms. The zero-order valence-electron chi connectivity index (χ0n) is 45.9. The molecule has 2 aliphatic carbocycles. The van der Waals surface area contributed by atoms with Crippen LogP contribution in [0.1, 0.15) is 93.9 Å². The van der Waals surface area contributed by atoms with Crippen LogP contribution in [0.15, 0.2) is 116 Å².